The highest BCUT2D eigenvalue weighted by atomic mass is 35.5. The lowest BCUT2D eigenvalue weighted by molar-refractivity contribution is -0.140. The zero-order valence-electron chi connectivity index (χ0n) is 26.3. The van der Waals surface area contributed by atoms with Crippen LogP contribution in [0.1, 0.15) is 23.6 Å². The first-order chi connectivity index (χ1) is 22.1. The molecule has 1 N–H and O–H groups in total. The molecule has 9 nitrogen and oxygen atoms in total. The lowest BCUT2D eigenvalue weighted by atomic mass is 10.0. The Morgan fingerprint density at radius 3 is 2.15 bits per heavy atom. The Labute approximate surface area is 275 Å². The van der Waals surface area contributed by atoms with E-state index < -0.39 is 28.5 Å². The number of nitrogens with zero attached hydrogens (tertiary/aromatic N) is 2. The minimum atomic E-state index is -4.28. The number of carbonyl (C=O) groups is 2. The van der Waals surface area contributed by atoms with Crippen molar-refractivity contribution in [1.29, 1.82) is 0 Å². The summed E-state index contributed by atoms with van der Waals surface area (Å²) in [4.78, 5) is 29.6. The number of hydrogen-bond acceptors (Lipinski definition) is 6. The van der Waals surface area contributed by atoms with Gasteiger partial charge in [-0.05, 0) is 55.3 Å². The quantitative estimate of drug-likeness (QED) is 0.187. The largest absolute Gasteiger partial charge is 0.493 e. The van der Waals surface area contributed by atoms with Gasteiger partial charge in [0.25, 0.3) is 10.0 Å². The summed E-state index contributed by atoms with van der Waals surface area (Å²) in [6, 6.07) is 26.4. The van der Waals surface area contributed by atoms with Crippen LogP contribution in [0.5, 0.6) is 11.5 Å². The number of aryl methyl sites for hydroxylation is 1. The third kappa shape index (κ3) is 8.18. The molecular formula is C35H38ClN3O6S. The Balaban J connectivity index is 1.84. The molecule has 242 valence electrons. The third-order valence-electron chi connectivity index (χ3n) is 7.46. The van der Waals surface area contributed by atoms with Gasteiger partial charge < -0.3 is 19.7 Å². The number of nitrogens with one attached hydrogen (secondary N) is 1. The maximum Gasteiger partial charge on any atom is 0.264 e. The highest BCUT2D eigenvalue weighted by molar-refractivity contribution is 7.92. The van der Waals surface area contributed by atoms with Crippen molar-refractivity contribution in [3.63, 3.8) is 0 Å². The topological polar surface area (TPSA) is 105 Å². The van der Waals surface area contributed by atoms with Crippen LogP contribution in [0.15, 0.2) is 102 Å². The first-order valence-electron chi connectivity index (χ1n) is 14.7. The maximum atomic E-state index is 14.5. The van der Waals surface area contributed by atoms with Gasteiger partial charge in [0.15, 0.2) is 11.5 Å². The van der Waals surface area contributed by atoms with E-state index in [1.807, 2.05) is 37.3 Å². The summed E-state index contributed by atoms with van der Waals surface area (Å²) >= 11 is 6.54. The molecule has 0 unspecified atom stereocenters. The summed E-state index contributed by atoms with van der Waals surface area (Å²) in [5.41, 5.74) is 2.50. The summed E-state index contributed by atoms with van der Waals surface area (Å²) in [5, 5.41) is 3.26. The third-order valence-corrected chi connectivity index (χ3v) is 9.62. The summed E-state index contributed by atoms with van der Waals surface area (Å²) in [6.07, 6.45) is 0.198. The van der Waals surface area contributed by atoms with Crippen molar-refractivity contribution in [1.82, 2.24) is 10.2 Å². The molecule has 0 saturated heterocycles. The molecule has 0 aromatic heterocycles. The van der Waals surface area contributed by atoms with E-state index in [1.165, 1.54) is 37.3 Å². The number of methoxy groups -OCH3 is 2. The minimum absolute atomic E-state index is 0.00269. The van der Waals surface area contributed by atoms with Crippen LogP contribution < -0.4 is 19.1 Å². The first kappa shape index (κ1) is 34.3. The Hall–Kier alpha value is -4.54. The van der Waals surface area contributed by atoms with Crippen LogP contribution in [0.2, 0.25) is 5.02 Å². The number of amides is 2. The second-order valence-corrected chi connectivity index (χ2v) is 12.8. The Bertz CT molecular complexity index is 1750. The van der Waals surface area contributed by atoms with E-state index in [1.54, 1.807) is 55.5 Å². The van der Waals surface area contributed by atoms with Gasteiger partial charge in [-0.2, -0.15) is 0 Å². The fraction of sp³-hybridized carbons (Fsp3) is 0.257. The molecule has 0 aliphatic rings. The van der Waals surface area contributed by atoms with Crippen molar-refractivity contribution in [2.75, 3.05) is 31.6 Å². The molecule has 0 spiro atoms. The zero-order valence-corrected chi connectivity index (χ0v) is 27.8. The lowest BCUT2D eigenvalue weighted by Gasteiger charge is -2.34. The van der Waals surface area contributed by atoms with E-state index in [-0.39, 0.29) is 35.2 Å². The second kappa shape index (κ2) is 15.6. The van der Waals surface area contributed by atoms with Crippen LogP contribution >= 0.6 is 11.6 Å². The van der Waals surface area contributed by atoms with Crippen LogP contribution in [0.4, 0.5) is 5.69 Å². The van der Waals surface area contributed by atoms with Crippen molar-refractivity contribution >= 4 is 39.1 Å². The number of likely N-dealkylation sites (N-methyl/N-ethyl adjacent to an activating group) is 1. The molecule has 1 atom stereocenters. The molecule has 0 bridgehead atoms. The number of benzene rings is 4. The van der Waals surface area contributed by atoms with E-state index in [0.717, 1.165) is 15.4 Å². The van der Waals surface area contributed by atoms with E-state index in [2.05, 4.69) is 5.32 Å². The van der Waals surface area contributed by atoms with Crippen molar-refractivity contribution in [3.8, 4) is 11.5 Å². The average molecular weight is 664 g/mol. The van der Waals surface area contributed by atoms with Crippen LogP contribution in [0.25, 0.3) is 0 Å². The van der Waals surface area contributed by atoms with Crippen molar-refractivity contribution in [2.45, 2.75) is 37.8 Å². The standard InChI is InChI=1S/C35H38ClN3O6S/c1-5-37-35(41)31(21-26-11-7-6-8-12-26)38(23-27-13-9-10-14-30(27)36)34(40)24-39(28-17-20-32(44-3)33(22-28)45-4)46(42,43)29-18-15-25(2)16-19-29/h6-20,22,31H,5,21,23-24H2,1-4H3,(H,37,41)/t31-/m1/s1. The van der Waals surface area contributed by atoms with E-state index >= 15 is 0 Å². The fourth-order valence-corrected chi connectivity index (χ4v) is 6.60. The molecule has 46 heavy (non-hydrogen) atoms. The summed E-state index contributed by atoms with van der Waals surface area (Å²) < 4.78 is 40.3. The molecule has 4 aromatic carbocycles. The highest BCUT2D eigenvalue weighted by Gasteiger charge is 2.35. The maximum absolute atomic E-state index is 14.5. The monoisotopic (exact) mass is 663 g/mol. The van der Waals surface area contributed by atoms with Gasteiger partial charge in [0.05, 0.1) is 24.8 Å². The zero-order chi connectivity index (χ0) is 33.3. The highest BCUT2D eigenvalue weighted by Crippen LogP contribution is 2.34. The van der Waals surface area contributed by atoms with Crippen LogP contribution in [0, 0.1) is 6.92 Å². The molecule has 4 rings (SSSR count). The lowest BCUT2D eigenvalue weighted by Crippen LogP contribution is -2.53. The number of halogens is 1. The van der Waals surface area contributed by atoms with Crippen LogP contribution in [0.3, 0.4) is 0 Å². The van der Waals surface area contributed by atoms with Gasteiger partial charge >= 0.3 is 0 Å². The summed E-state index contributed by atoms with van der Waals surface area (Å²) in [5.74, 6) is -0.290. The van der Waals surface area contributed by atoms with Gasteiger partial charge in [-0.1, -0.05) is 77.8 Å². The molecule has 0 aliphatic carbocycles. The molecule has 0 aliphatic heterocycles. The van der Waals surface area contributed by atoms with Gasteiger partial charge in [0, 0.05) is 30.6 Å². The van der Waals surface area contributed by atoms with E-state index in [4.69, 9.17) is 21.1 Å². The molecule has 11 heteroatoms. The number of sulfonamides is 1. The second-order valence-electron chi connectivity index (χ2n) is 10.6. The van der Waals surface area contributed by atoms with Crippen molar-refractivity contribution in [2.24, 2.45) is 0 Å². The summed E-state index contributed by atoms with van der Waals surface area (Å²) in [6.45, 7) is 3.35. The predicted molar refractivity (Wildman–Crippen MR) is 180 cm³/mol. The molecule has 4 aromatic rings. The number of ether oxygens (including phenoxy) is 2. The molecule has 0 saturated carbocycles. The normalized spacial score (nSPS) is 11.8. The minimum Gasteiger partial charge on any atom is -0.493 e. The fourth-order valence-electron chi connectivity index (χ4n) is 5.00. The SMILES string of the molecule is CCNC(=O)[C@@H](Cc1ccccc1)N(Cc1ccccc1Cl)C(=O)CN(c1ccc(OC)c(OC)c1)S(=O)(=O)c1ccc(C)cc1. The van der Waals surface area contributed by atoms with Gasteiger partial charge in [0.1, 0.15) is 12.6 Å². The van der Waals surface area contributed by atoms with Gasteiger partial charge in [-0.15, -0.1) is 0 Å². The van der Waals surface area contributed by atoms with Crippen LogP contribution in [-0.4, -0.2) is 58.5 Å². The van der Waals surface area contributed by atoms with Gasteiger partial charge in [0.2, 0.25) is 11.8 Å². The number of hydrogen-bond donors (Lipinski definition) is 1. The molecule has 0 heterocycles. The predicted octanol–water partition coefficient (Wildman–Crippen LogP) is 5.64. The van der Waals surface area contributed by atoms with E-state index in [0.29, 0.717) is 22.9 Å². The molecule has 0 radical (unpaired) electrons. The molecule has 2 amide bonds. The van der Waals surface area contributed by atoms with Crippen molar-refractivity contribution < 1.29 is 27.5 Å². The average Bonchev–Trinajstić information content (AvgIpc) is 3.06. The Morgan fingerprint density at radius 2 is 1.52 bits per heavy atom. The Kier molecular flexibility index (Phi) is 11.7. The number of carbonyl (C=O) groups excluding carboxylic acids is 2. The summed E-state index contributed by atoms with van der Waals surface area (Å²) in [7, 11) is -1.36. The van der Waals surface area contributed by atoms with E-state index in [9.17, 15) is 18.0 Å². The Morgan fingerprint density at radius 1 is 0.870 bits per heavy atom. The first-order valence-corrected chi connectivity index (χ1v) is 16.6. The van der Waals surface area contributed by atoms with Crippen LogP contribution in [-0.2, 0) is 32.6 Å². The van der Waals surface area contributed by atoms with Gasteiger partial charge in [-0.25, -0.2) is 8.42 Å². The molecule has 0 fully saturated rings. The smallest absolute Gasteiger partial charge is 0.264 e. The van der Waals surface area contributed by atoms with Crippen molar-refractivity contribution in [3.05, 3.63) is 119 Å². The van der Waals surface area contributed by atoms with Gasteiger partial charge in [-0.3, -0.25) is 13.9 Å². The molecular weight excluding hydrogens is 626 g/mol. The number of rotatable bonds is 14. The number of anilines is 1.